The summed E-state index contributed by atoms with van der Waals surface area (Å²) in [7, 11) is 0. The molecule has 9 atom stereocenters. The summed E-state index contributed by atoms with van der Waals surface area (Å²) >= 11 is 0. The molecule has 8 nitrogen and oxygen atoms in total. The first-order valence-electron chi connectivity index (χ1n) is 10.2. The number of hydrogen-bond acceptors (Lipinski definition) is 8. The number of hydrogen-bond donors (Lipinski definition) is 4. The summed E-state index contributed by atoms with van der Waals surface area (Å²) < 4.78 is 17.6. The summed E-state index contributed by atoms with van der Waals surface area (Å²) in [6.07, 6.45) is -2.77. The second-order valence-corrected chi connectivity index (χ2v) is 8.92. The highest BCUT2D eigenvalue weighted by Crippen LogP contribution is 2.52. The first-order chi connectivity index (χ1) is 13.7. The fourth-order valence-corrected chi connectivity index (χ4v) is 5.38. The largest absolute Gasteiger partial charge is 0.454 e. The molecule has 2 fully saturated rings. The van der Waals surface area contributed by atoms with Crippen LogP contribution in [-0.4, -0.2) is 75.4 Å². The lowest BCUT2D eigenvalue weighted by molar-refractivity contribution is -0.332. The third kappa shape index (κ3) is 3.26. The van der Waals surface area contributed by atoms with E-state index in [4.69, 9.17) is 14.2 Å². The quantitative estimate of drug-likeness (QED) is 0.384. The van der Waals surface area contributed by atoms with Gasteiger partial charge in [-0.25, -0.2) is 4.79 Å². The minimum atomic E-state index is -1.48. The van der Waals surface area contributed by atoms with Gasteiger partial charge < -0.3 is 34.6 Å². The van der Waals surface area contributed by atoms with Gasteiger partial charge in [0.05, 0.1) is 12.2 Å². The molecule has 4 aliphatic rings. The molecule has 4 N–H and O–H groups in total. The highest BCUT2D eigenvalue weighted by molar-refractivity contribution is 5.91. The summed E-state index contributed by atoms with van der Waals surface area (Å²) in [4.78, 5) is 12.1. The SMILES string of the molecule is CC1=CC[C@H]2[C@@H]1[C@@H]1OC(=O)C(C)=C1CC[C@]2(C)O[C@@H]1O[C@H](CO)[C@@H](O)[C@H](O)[C@H]1O. The van der Waals surface area contributed by atoms with Crippen molar-refractivity contribution in [2.75, 3.05) is 6.61 Å². The Morgan fingerprint density at radius 1 is 1.21 bits per heavy atom. The van der Waals surface area contributed by atoms with E-state index < -0.39 is 42.9 Å². The van der Waals surface area contributed by atoms with E-state index in [0.717, 1.165) is 17.6 Å². The van der Waals surface area contributed by atoms with Crippen LogP contribution in [-0.2, 0) is 19.0 Å². The van der Waals surface area contributed by atoms with E-state index in [1.165, 1.54) is 0 Å². The molecule has 2 aliphatic heterocycles. The fraction of sp³-hybridized carbons (Fsp3) is 0.762. The molecule has 1 saturated heterocycles. The molecule has 1 saturated carbocycles. The third-order valence-corrected chi connectivity index (χ3v) is 7.25. The predicted molar refractivity (Wildman–Crippen MR) is 100 cm³/mol. The van der Waals surface area contributed by atoms with Crippen LogP contribution in [0.1, 0.15) is 40.0 Å². The van der Waals surface area contributed by atoms with Crippen molar-refractivity contribution in [2.24, 2.45) is 11.8 Å². The van der Waals surface area contributed by atoms with Gasteiger partial charge >= 0.3 is 5.97 Å². The van der Waals surface area contributed by atoms with Gasteiger partial charge in [0.2, 0.25) is 0 Å². The van der Waals surface area contributed by atoms with Crippen molar-refractivity contribution in [1.82, 2.24) is 0 Å². The molecule has 0 bridgehead atoms. The molecule has 0 amide bonds. The molecule has 0 radical (unpaired) electrons. The van der Waals surface area contributed by atoms with Crippen LogP contribution in [0.25, 0.3) is 0 Å². The molecule has 162 valence electrons. The zero-order valence-corrected chi connectivity index (χ0v) is 16.9. The predicted octanol–water partition coefficient (Wildman–Crippen LogP) is 0.180. The monoisotopic (exact) mass is 410 g/mol. The van der Waals surface area contributed by atoms with Crippen LogP contribution in [0.4, 0.5) is 0 Å². The van der Waals surface area contributed by atoms with Crippen LogP contribution in [0.5, 0.6) is 0 Å². The molecule has 2 aliphatic carbocycles. The Bertz CT molecular complexity index is 743. The summed E-state index contributed by atoms with van der Waals surface area (Å²) in [6.45, 7) is 5.28. The van der Waals surface area contributed by atoms with Gasteiger partial charge in [0.1, 0.15) is 30.5 Å². The average Bonchev–Trinajstić information content (AvgIpc) is 3.17. The van der Waals surface area contributed by atoms with E-state index in [9.17, 15) is 25.2 Å². The van der Waals surface area contributed by atoms with E-state index >= 15 is 0 Å². The highest BCUT2D eigenvalue weighted by atomic mass is 16.7. The smallest absolute Gasteiger partial charge is 0.334 e. The van der Waals surface area contributed by atoms with Gasteiger partial charge in [-0.2, -0.15) is 0 Å². The highest BCUT2D eigenvalue weighted by Gasteiger charge is 2.55. The lowest BCUT2D eigenvalue weighted by Crippen LogP contribution is -2.61. The Hall–Kier alpha value is -1.29. The lowest BCUT2D eigenvalue weighted by atomic mass is 9.76. The van der Waals surface area contributed by atoms with Crippen LogP contribution in [0.15, 0.2) is 22.8 Å². The van der Waals surface area contributed by atoms with E-state index in [1.807, 2.05) is 13.8 Å². The van der Waals surface area contributed by atoms with Crippen molar-refractivity contribution >= 4 is 5.97 Å². The van der Waals surface area contributed by atoms with Gasteiger partial charge in [0.25, 0.3) is 0 Å². The maximum atomic E-state index is 12.1. The Morgan fingerprint density at radius 3 is 2.62 bits per heavy atom. The first kappa shape index (κ1) is 21.0. The van der Waals surface area contributed by atoms with Crippen LogP contribution < -0.4 is 0 Å². The van der Waals surface area contributed by atoms with Crippen LogP contribution in [0.3, 0.4) is 0 Å². The Balaban J connectivity index is 1.63. The molecule has 0 aromatic carbocycles. The summed E-state index contributed by atoms with van der Waals surface area (Å²) in [5.41, 5.74) is 2.08. The number of esters is 1. The Labute approximate surface area is 169 Å². The van der Waals surface area contributed by atoms with Gasteiger partial charge in [0, 0.05) is 17.4 Å². The summed E-state index contributed by atoms with van der Waals surface area (Å²) in [5, 5.41) is 40.0. The molecule has 0 aromatic rings. The van der Waals surface area contributed by atoms with Crippen molar-refractivity contribution < 1.29 is 39.4 Å². The number of aliphatic hydroxyl groups excluding tert-OH is 4. The maximum Gasteiger partial charge on any atom is 0.334 e. The summed E-state index contributed by atoms with van der Waals surface area (Å²) in [6, 6.07) is 0. The normalized spacial score (nSPS) is 47.4. The molecule has 4 rings (SSSR count). The number of aliphatic hydroxyl groups is 4. The van der Waals surface area contributed by atoms with E-state index in [-0.39, 0.29) is 23.9 Å². The zero-order valence-electron chi connectivity index (χ0n) is 16.9. The number of fused-ring (bicyclic) bond motifs is 3. The first-order valence-corrected chi connectivity index (χ1v) is 10.2. The second-order valence-electron chi connectivity index (χ2n) is 8.92. The molecule has 2 heterocycles. The number of rotatable bonds is 3. The van der Waals surface area contributed by atoms with Crippen LogP contribution >= 0.6 is 0 Å². The van der Waals surface area contributed by atoms with Gasteiger partial charge in [-0.15, -0.1) is 0 Å². The van der Waals surface area contributed by atoms with Gasteiger partial charge in [-0.05, 0) is 45.6 Å². The Morgan fingerprint density at radius 2 is 1.93 bits per heavy atom. The number of carbonyl (C=O) groups excluding carboxylic acids is 1. The van der Waals surface area contributed by atoms with E-state index in [1.54, 1.807) is 6.92 Å². The molecule has 0 aromatic heterocycles. The molecule has 0 unspecified atom stereocenters. The summed E-state index contributed by atoms with van der Waals surface area (Å²) in [5.74, 6) is -0.290. The van der Waals surface area contributed by atoms with E-state index in [0.29, 0.717) is 18.4 Å². The van der Waals surface area contributed by atoms with Crippen molar-refractivity contribution in [3.63, 3.8) is 0 Å². The van der Waals surface area contributed by atoms with Crippen molar-refractivity contribution in [3.05, 3.63) is 22.8 Å². The lowest BCUT2D eigenvalue weighted by Gasteiger charge is -2.46. The number of allylic oxidation sites excluding steroid dienone is 1. The molecule has 0 spiro atoms. The Kier molecular flexibility index (Phi) is 5.38. The molecule has 29 heavy (non-hydrogen) atoms. The van der Waals surface area contributed by atoms with Crippen LogP contribution in [0, 0.1) is 11.8 Å². The average molecular weight is 410 g/mol. The van der Waals surface area contributed by atoms with Crippen molar-refractivity contribution in [2.45, 2.75) is 82.4 Å². The molecular formula is C21H30O8. The van der Waals surface area contributed by atoms with Crippen LogP contribution in [0.2, 0.25) is 0 Å². The van der Waals surface area contributed by atoms with Crippen molar-refractivity contribution in [1.29, 1.82) is 0 Å². The molecule has 8 heteroatoms. The minimum Gasteiger partial charge on any atom is -0.454 e. The standard InChI is InChI=1S/C21H30O8/c1-9-4-5-12-14(9)18-11(10(2)19(26)28-18)6-7-21(12,3)29-20-17(25)16(24)15(23)13(8-22)27-20/h4,12-18,20,22-25H,5-8H2,1-3H3/t12-,13+,14+,15+,16-,17+,18+,20-,21-/m0/s1. The minimum absolute atomic E-state index is 0.00364. The topological polar surface area (TPSA) is 126 Å². The zero-order chi connectivity index (χ0) is 21.1. The third-order valence-electron chi connectivity index (χ3n) is 7.25. The maximum absolute atomic E-state index is 12.1. The van der Waals surface area contributed by atoms with Gasteiger partial charge in [0.15, 0.2) is 6.29 Å². The fourth-order valence-electron chi connectivity index (χ4n) is 5.38. The van der Waals surface area contributed by atoms with E-state index in [2.05, 4.69) is 6.08 Å². The number of ether oxygens (including phenoxy) is 3. The number of carbonyl (C=O) groups is 1. The van der Waals surface area contributed by atoms with Gasteiger partial charge in [-0.1, -0.05) is 11.6 Å². The van der Waals surface area contributed by atoms with Gasteiger partial charge in [-0.3, -0.25) is 0 Å². The molecular weight excluding hydrogens is 380 g/mol. The second kappa shape index (κ2) is 7.44. The van der Waals surface area contributed by atoms with Crippen molar-refractivity contribution in [3.8, 4) is 0 Å².